The van der Waals surface area contributed by atoms with Crippen LogP contribution in [0.25, 0.3) is 0 Å². The Morgan fingerprint density at radius 2 is 2.26 bits per heavy atom. The number of pyridine rings is 1. The predicted molar refractivity (Wildman–Crippen MR) is 69.9 cm³/mol. The van der Waals surface area contributed by atoms with Gasteiger partial charge in [-0.15, -0.1) is 0 Å². The molecule has 1 saturated heterocycles. The van der Waals surface area contributed by atoms with Gasteiger partial charge in [0.05, 0.1) is 5.56 Å². The van der Waals surface area contributed by atoms with Crippen molar-refractivity contribution in [2.75, 3.05) is 18.0 Å². The zero-order valence-corrected chi connectivity index (χ0v) is 10.6. The van der Waals surface area contributed by atoms with E-state index in [1.807, 2.05) is 0 Å². The summed E-state index contributed by atoms with van der Waals surface area (Å²) in [6, 6.07) is 3.44. The van der Waals surface area contributed by atoms with Crippen LogP contribution in [0.15, 0.2) is 18.3 Å². The molecule has 0 saturated carbocycles. The number of nitrogens with zero attached hydrogens (tertiary/aromatic N) is 2. The van der Waals surface area contributed by atoms with E-state index in [9.17, 15) is 9.59 Å². The molecule has 1 fully saturated rings. The zero-order valence-electron chi connectivity index (χ0n) is 10.6. The summed E-state index contributed by atoms with van der Waals surface area (Å²) >= 11 is 0. The highest BCUT2D eigenvalue weighted by atomic mass is 16.4. The molecule has 0 spiro atoms. The number of amides is 1. The minimum absolute atomic E-state index is 0.215. The number of primary amides is 1. The average Bonchev–Trinajstić information content (AvgIpc) is 2.85. The zero-order chi connectivity index (χ0) is 13.8. The fraction of sp³-hybridized carbons (Fsp3) is 0.462. The van der Waals surface area contributed by atoms with Crippen molar-refractivity contribution in [3.63, 3.8) is 0 Å². The third-order valence-electron chi connectivity index (χ3n) is 3.41. The smallest absolute Gasteiger partial charge is 0.303 e. The number of carbonyl (C=O) groups excluding carboxylic acids is 1. The van der Waals surface area contributed by atoms with Gasteiger partial charge in [0.15, 0.2) is 0 Å². The summed E-state index contributed by atoms with van der Waals surface area (Å²) in [7, 11) is 0. The summed E-state index contributed by atoms with van der Waals surface area (Å²) in [6.45, 7) is 1.68. The van der Waals surface area contributed by atoms with Crippen molar-refractivity contribution in [3.8, 4) is 0 Å². The molecule has 1 aliphatic rings. The lowest BCUT2D eigenvalue weighted by molar-refractivity contribution is -0.137. The molecule has 6 nitrogen and oxygen atoms in total. The molecule has 102 valence electrons. The van der Waals surface area contributed by atoms with Gasteiger partial charge in [0.2, 0.25) is 5.91 Å². The monoisotopic (exact) mass is 263 g/mol. The number of anilines is 1. The summed E-state index contributed by atoms with van der Waals surface area (Å²) in [5, 5.41) is 8.67. The van der Waals surface area contributed by atoms with Crippen molar-refractivity contribution in [3.05, 3.63) is 23.9 Å². The molecule has 6 heteroatoms. The van der Waals surface area contributed by atoms with Crippen LogP contribution < -0.4 is 10.6 Å². The lowest BCUT2D eigenvalue weighted by atomic mass is 10.0. The molecular weight excluding hydrogens is 246 g/mol. The SMILES string of the molecule is NC(=O)c1ccc(N2CCC(CCC(=O)O)C2)nc1. The van der Waals surface area contributed by atoms with Gasteiger partial charge < -0.3 is 15.7 Å². The Bertz CT molecular complexity index is 473. The Labute approximate surface area is 111 Å². The van der Waals surface area contributed by atoms with Crippen molar-refractivity contribution in [1.82, 2.24) is 4.98 Å². The highest BCUT2D eigenvalue weighted by Gasteiger charge is 2.23. The summed E-state index contributed by atoms with van der Waals surface area (Å²) in [5.41, 5.74) is 5.55. The van der Waals surface area contributed by atoms with Crippen molar-refractivity contribution in [2.45, 2.75) is 19.3 Å². The fourth-order valence-electron chi connectivity index (χ4n) is 2.32. The van der Waals surface area contributed by atoms with Gasteiger partial charge in [0, 0.05) is 25.7 Å². The first-order valence-corrected chi connectivity index (χ1v) is 6.29. The van der Waals surface area contributed by atoms with Crippen molar-refractivity contribution in [1.29, 1.82) is 0 Å². The number of carbonyl (C=O) groups is 2. The molecule has 0 radical (unpaired) electrons. The van der Waals surface area contributed by atoms with Crippen molar-refractivity contribution < 1.29 is 14.7 Å². The summed E-state index contributed by atoms with van der Waals surface area (Å²) in [4.78, 5) is 27.8. The first-order chi connectivity index (χ1) is 9.06. The fourth-order valence-corrected chi connectivity index (χ4v) is 2.32. The highest BCUT2D eigenvalue weighted by Crippen LogP contribution is 2.25. The van der Waals surface area contributed by atoms with E-state index in [0.29, 0.717) is 17.9 Å². The maximum atomic E-state index is 10.9. The molecule has 0 aliphatic carbocycles. The Kier molecular flexibility index (Phi) is 3.99. The Balaban J connectivity index is 1.93. The summed E-state index contributed by atoms with van der Waals surface area (Å²) in [6.07, 6.45) is 3.37. The second-order valence-corrected chi connectivity index (χ2v) is 4.80. The molecule has 1 aromatic heterocycles. The van der Waals surface area contributed by atoms with Gasteiger partial charge >= 0.3 is 5.97 Å². The third kappa shape index (κ3) is 3.43. The molecule has 1 amide bonds. The van der Waals surface area contributed by atoms with E-state index in [1.165, 1.54) is 6.20 Å². The topological polar surface area (TPSA) is 96.5 Å². The van der Waals surface area contributed by atoms with Gasteiger partial charge in [-0.1, -0.05) is 0 Å². The summed E-state index contributed by atoms with van der Waals surface area (Å²) in [5.74, 6) is -0.0289. The average molecular weight is 263 g/mol. The number of rotatable bonds is 5. The summed E-state index contributed by atoms with van der Waals surface area (Å²) < 4.78 is 0. The lowest BCUT2D eigenvalue weighted by Gasteiger charge is -2.17. The van der Waals surface area contributed by atoms with E-state index in [2.05, 4.69) is 9.88 Å². The number of hydrogen-bond acceptors (Lipinski definition) is 4. The van der Waals surface area contributed by atoms with E-state index in [0.717, 1.165) is 25.3 Å². The molecule has 19 heavy (non-hydrogen) atoms. The van der Waals surface area contributed by atoms with E-state index in [4.69, 9.17) is 10.8 Å². The standard InChI is InChI=1S/C13H17N3O3/c14-13(19)10-2-3-11(15-7-10)16-6-5-9(8-16)1-4-12(17)18/h2-3,7,9H,1,4-6,8H2,(H2,14,19)(H,17,18). The number of aromatic nitrogens is 1. The van der Waals surface area contributed by atoms with Gasteiger partial charge in [-0.3, -0.25) is 9.59 Å². The largest absolute Gasteiger partial charge is 0.481 e. The molecule has 3 N–H and O–H groups in total. The van der Waals surface area contributed by atoms with Crippen LogP contribution in [0.4, 0.5) is 5.82 Å². The number of aliphatic carboxylic acids is 1. The van der Waals surface area contributed by atoms with Gasteiger partial charge in [-0.05, 0) is 30.9 Å². The van der Waals surface area contributed by atoms with Crippen LogP contribution in [0, 0.1) is 5.92 Å². The maximum Gasteiger partial charge on any atom is 0.303 e. The predicted octanol–water partition coefficient (Wildman–Crippen LogP) is 0.872. The molecule has 1 aromatic rings. The molecule has 1 aliphatic heterocycles. The molecule has 0 aromatic carbocycles. The van der Waals surface area contributed by atoms with E-state index in [-0.39, 0.29) is 6.42 Å². The number of hydrogen-bond donors (Lipinski definition) is 2. The van der Waals surface area contributed by atoms with Crippen LogP contribution in [-0.2, 0) is 4.79 Å². The lowest BCUT2D eigenvalue weighted by Crippen LogP contribution is -2.21. The molecule has 2 heterocycles. The normalized spacial score (nSPS) is 18.5. The van der Waals surface area contributed by atoms with E-state index in [1.54, 1.807) is 12.1 Å². The van der Waals surface area contributed by atoms with Crippen LogP contribution >= 0.6 is 0 Å². The van der Waals surface area contributed by atoms with E-state index < -0.39 is 11.9 Å². The van der Waals surface area contributed by atoms with Crippen molar-refractivity contribution in [2.24, 2.45) is 11.7 Å². The molecule has 1 atom stereocenters. The van der Waals surface area contributed by atoms with Crippen molar-refractivity contribution >= 4 is 17.7 Å². The minimum atomic E-state index is -0.748. The Hall–Kier alpha value is -2.11. The Morgan fingerprint density at radius 3 is 2.84 bits per heavy atom. The van der Waals surface area contributed by atoms with Crippen LogP contribution in [0.3, 0.4) is 0 Å². The maximum absolute atomic E-state index is 10.9. The molecular formula is C13H17N3O3. The number of carboxylic acid groups (broad SMARTS) is 1. The second kappa shape index (κ2) is 5.69. The van der Waals surface area contributed by atoms with Gasteiger partial charge in [-0.25, -0.2) is 4.98 Å². The quantitative estimate of drug-likeness (QED) is 0.821. The molecule has 1 unspecified atom stereocenters. The molecule has 2 rings (SSSR count). The van der Waals surface area contributed by atoms with Gasteiger partial charge in [0.25, 0.3) is 0 Å². The van der Waals surface area contributed by atoms with Crippen LogP contribution in [0.1, 0.15) is 29.6 Å². The first kappa shape index (κ1) is 13.3. The number of nitrogens with two attached hydrogens (primary N) is 1. The third-order valence-corrected chi connectivity index (χ3v) is 3.41. The van der Waals surface area contributed by atoms with Crippen LogP contribution in [0.5, 0.6) is 0 Å². The number of carboxylic acids is 1. The Morgan fingerprint density at radius 1 is 1.47 bits per heavy atom. The molecule has 0 bridgehead atoms. The first-order valence-electron chi connectivity index (χ1n) is 6.29. The van der Waals surface area contributed by atoms with Crippen LogP contribution in [-0.4, -0.2) is 35.1 Å². The van der Waals surface area contributed by atoms with Crippen LogP contribution in [0.2, 0.25) is 0 Å². The van der Waals surface area contributed by atoms with E-state index >= 15 is 0 Å². The highest BCUT2D eigenvalue weighted by molar-refractivity contribution is 5.92. The minimum Gasteiger partial charge on any atom is -0.481 e. The second-order valence-electron chi connectivity index (χ2n) is 4.80. The van der Waals surface area contributed by atoms with Gasteiger partial charge in [-0.2, -0.15) is 0 Å². The van der Waals surface area contributed by atoms with Gasteiger partial charge in [0.1, 0.15) is 5.82 Å².